The highest BCUT2D eigenvalue weighted by Gasteiger charge is 2.30. The van der Waals surface area contributed by atoms with Gasteiger partial charge in [0.05, 0.1) is 24.1 Å². The van der Waals surface area contributed by atoms with Gasteiger partial charge in [-0.1, -0.05) is 72.6 Å². The molecule has 0 aromatic heterocycles. The van der Waals surface area contributed by atoms with Crippen LogP contribution in [0, 0.1) is 0 Å². The Hall–Kier alpha value is -3.27. The van der Waals surface area contributed by atoms with Crippen LogP contribution in [-0.4, -0.2) is 57.6 Å². The number of nitrogens with zero attached hydrogens (tertiary/aromatic N) is 2. The van der Waals surface area contributed by atoms with Crippen molar-refractivity contribution in [1.29, 1.82) is 0 Å². The van der Waals surface area contributed by atoms with Crippen LogP contribution in [0.3, 0.4) is 0 Å². The second kappa shape index (κ2) is 15.8. The normalized spacial score (nSPS) is 11.9. The van der Waals surface area contributed by atoms with Gasteiger partial charge in [-0.2, -0.15) is 0 Å². The van der Waals surface area contributed by atoms with Crippen LogP contribution in [0.25, 0.3) is 0 Å². The summed E-state index contributed by atoms with van der Waals surface area (Å²) in [5.41, 5.74) is 1.96. The molecule has 1 N–H and O–H groups in total. The van der Waals surface area contributed by atoms with Crippen LogP contribution in [0.5, 0.6) is 5.75 Å². The molecule has 0 aliphatic carbocycles. The van der Waals surface area contributed by atoms with E-state index >= 15 is 0 Å². The third-order valence-corrected chi connectivity index (χ3v) is 8.37. The zero-order chi connectivity index (χ0) is 30.7. The highest BCUT2D eigenvalue weighted by molar-refractivity contribution is 7.92. The van der Waals surface area contributed by atoms with Crippen molar-refractivity contribution in [2.75, 3.05) is 30.8 Å². The Morgan fingerprint density at radius 3 is 2.36 bits per heavy atom. The van der Waals surface area contributed by atoms with E-state index in [0.29, 0.717) is 23.7 Å². The first kappa shape index (κ1) is 33.2. The molecule has 0 unspecified atom stereocenters. The highest BCUT2D eigenvalue weighted by atomic mass is 35.5. The fraction of sp³-hybridized carbons (Fsp3) is 0.355. The van der Waals surface area contributed by atoms with Gasteiger partial charge in [0.25, 0.3) is 0 Å². The Labute approximate surface area is 258 Å². The average Bonchev–Trinajstić information content (AvgIpc) is 2.97. The van der Waals surface area contributed by atoms with E-state index in [2.05, 4.69) is 5.32 Å². The van der Waals surface area contributed by atoms with Crippen molar-refractivity contribution in [2.24, 2.45) is 0 Å². The SMILES string of the molecule is CCCNC(=O)[C@H](Cc1ccccc1)N(Cc1cccc(OC)c1)C(=O)CCCN(c1cc(Cl)ccc1Cl)S(C)(=O)=O. The van der Waals surface area contributed by atoms with Gasteiger partial charge >= 0.3 is 0 Å². The molecule has 3 aromatic rings. The maximum absolute atomic E-state index is 13.9. The molecule has 1 atom stereocenters. The van der Waals surface area contributed by atoms with Gasteiger partial charge in [0.15, 0.2) is 0 Å². The van der Waals surface area contributed by atoms with Crippen molar-refractivity contribution in [3.63, 3.8) is 0 Å². The summed E-state index contributed by atoms with van der Waals surface area (Å²) in [5, 5.41) is 3.52. The minimum absolute atomic E-state index is 0.000517. The van der Waals surface area contributed by atoms with Crippen molar-refractivity contribution in [3.05, 3.63) is 94.0 Å². The van der Waals surface area contributed by atoms with Crippen molar-refractivity contribution in [1.82, 2.24) is 10.2 Å². The molecule has 0 saturated heterocycles. The average molecular weight is 635 g/mol. The Kier molecular flexibility index (Phi) is 12.5. The highest BCUT2D eigenvalue weighted by Crippen LogP contribution is 2.31. The maximum atomic E-state index is 13.9. The van der Waals surface area contributed by atoms with Crippen LogP contribution in [0.2, 0.25) is 10.0 Å². The molecule has 226 valence electrons. The minimum atomic E-state index is -3.73. The van der Waals surface area contributed by atoms with Gasteiger partial charge < -0.3 is 15.0 Å². The molecule has 0 radical (unpaired) electrons. The summed E-state index contributed by atoms with van der Waals surface area (Å²) >= 11 is 12.4. The molecule has 3 rings (SSSR count). The number of methoxy groups -OCH3 is 1. The first-order chi connectivity index (χ1) is 20.0. The van der Waals surface area contributed by atoms with Gasteiger partial charge in [-0.3, -0.25) is 13.9 Å². The van der Waals surface area contributed by atoms with Crippen LogP contribution >= 0.6 is 23.2 Å². The number of carbonyl (C=O) groups is 2. The molecule has 0 bridgehead atoms. The second-order valence-corrected chi connectivity index (χ2v) is 12.7. The van der Waals surface area contributed by atoms with E-state index in [0.717, 1.165) is 28.1 Å². The third-order valence-electron chi connectivity index (χ3n) is 6.64. The molecule has 2 amide bonds. The molecule has 0 spiro atoms. The number of amides is 2. The lowest BCUT2D eigenvalue weighted by Gasteiger charge is -2.32. The van der Waals surface area contributed by atoms with E-state index in [1.165, 1.54) is 12.1 Å². The third kappa shape index (κ3) is 9.64. The molecular formula is C31H37Cl2N3O5S. The van der Waals surface area contributed by atoms with Crippen LogP contribution in [0.1, 0.15) is 37.3 Å². The van der Waals surface area contributed by atoms with Gasteiger partial charge in [0.1, 0.15) is 11.8 Å². The largest absolute Gasteiger partial charge is 0.497 e. The lowest BCUT2D eigenvalue weighted by atomic mass is 10.0. The fourth-order valence-corrected chi connectivity index (χ4v) is 5.95. The number of nitrogens with one attached hydrogen (secondary N) is 1. The van der Waals surface area contributed by atoms with Crippen LogP contribution < -0.4 is 14.4 Å². The summed E-state index contributed by atoms with van der Waals surface area (Å²) in [6.07, 6.45) is 2.34. The zero-order valence-corrected chi connectivity index (χ0v) is 26.4. The molecule has 42 heavy (non-hydrogen) atoms. The van der Waals surface area contributed by atoms with Crippen molar-refractivity contribution >= 4 is 50.7 Å². The monoisotopic (exact) mass is 633 g/mol. The first-order valence-electron chi connectivity index (χ1n) is 13.7. The Bertz CT molecular complexity index is 1450. The predicted molar refractivity (Wildman–Crippen MR) is 169 cm³/mol. The van der Waals surface area contributed by atoms with E-state index < -0.39 is 16.1 Å². The number of hydrogen-bond donors (Lipinski definition) is 1. The molecule has 0 fully saturated rings. The minimum Gasteiger partial charge on any atom is -0.497 e. The Morgan fingerprint density at radius 2 is 1.69 bits per heavy atom. The fourth-order valence-electron chi connectivity index (χ4n) is 4.55. The van der Waals surface area contributed by atoms with Gasteiger partial charge in [-0.25, -0.2) is 8.42 Å². The van der Waals surface area contributed by atoms with E-state index in [-0.39, 0.29) is 48.5 Å². The van der Waals surface area contributed by atoms with E-state index in [1.807, 2.05) is 61.5 Å². The van der Waals surface area contributed by atoms with Gasteiger partial charge in [-0.15, -0.1) is 0 Å². The zero-order valence-electron chi connectivity index (χ0n) is 24.1. The number of hydrogen-bond acceptors (Lipinski definition) is 5. The molecular weight excluding hydrogens is 597 g/mol. The van der Waals surface area contributed by atoms with Crippen LogP contribution in [0.4, 0.5) is 5.69 Å². The van der Waals surface area contributed by atoms with E-state index in [9.17, 15) is 18.0 Å². The summed E-state index contributed by atoms with van der Waals surface area (Å²) in [6.45, 7) is 2.62. The molecule has 11 heteroatoms. The topological polar surface area (TPSA) is 96.0 Å². The van der Waals surface area contributed by atoms with Gasteiger partial charge in [0.2, 0.25) is 21.8 Å². The molecule has 0 aliphatic heterocycles. The predicted octanol–water partition coefficient (Wildman–Crippen LogP) is 5.71. The summed E-state index contributed by atoms with van der Waals surface area (Å²) < 4.78 is 31.9. The Morgan fingerprint density at radius 1 is 0.976 bits per heavy atom. The molecule has 8 nitrogen and oxygen atoms in total. The summed E-state index contributed by atoms with van der Waals surface area (Å²) in [6, 6.07) is 20.7. The van der Waals surface area contributed by atoms with Gasteiger partial charge in [0, 0.05) is 37.5 Å². The number of halogens is 2. The number of anilines is 1. The molecule has 0 aliphatic rings. The molecule has 3 aromatic carbocycles. The van der Waals surface area contributed by atoms with Crippen LogP contribution in [0.15, 0.2) is 72.8 Å². The molecule has 0 saturated carbocycles. The number of carbonyl (C=O) groups excluding carboxylic acids is 2. The number of sulfonamides is 1. The van der Waals surface area contributed by atoms with E-state index in [4.69, 9.17) is 27.9 Å². The van der Waals surface area contributed by atoms with Crippen molar-refractivity contribution in [2.45, 2.75) is 45.2 Å². The maximum Gasteiger partial charge on any atom is 0.243 e. The lowest BCUT2D eigenvalue weighted by molar-refractivity contribution is -0.141. The number of ether oxygens (including phenoxy) is 1. The molecule has 0 heterocycles. The lowest BCUT2D eigenvalue weighted by Crippen LogP contribution is -2.50. The second-order valence-electron chi connectivity index (χ2n) is 9.90. The smallest absolute Gasteiger partial charge is 0.243 e. The summed E-state index contributed by atoms with van der Waals surface area (Å²) in [7, 11) is -2.16. The number of benzene rings is 3. The van der Waals surface area contributed by atoms with E-state index in [1.54, 1.807) is 18.1 Å². The van der Waals surface area contributed by atoms with Crippen molar-refractivity contribution < 1.29 is 22.7 Å². The number of rotatable bonds is 15. The Balaban J connectivity index is 1.90. The standard InChI is InChI=1S/C31H37Cl2N3O5S/c1-4-17-34-31(38)29(20-23-10-6-5-7-11-23)35(22-24-12-8-13-26(19-24)41-2)30(37)14-9-18-36(42(3,39)40)28-21-25(32)15-16-27(28)33/h5-8,10-13,15-16,19,21,29H,4,9,14,17-18,20,22H2,1-3H3,(H,34,38)/t29-/m0/s1. The van der Waals surface area contributed by atoms with Gasteiger partial charge in [-0.05, 0) is 54.3 Å². The van der Waals surface area contributed by atoms with Crippen molar-refractivity contribution in [3.8, 4) is 5.75 Å². The quantitative estimate of drug-likeness (QED) is 0.231. The summed E-state index contributed by atoms with van der Waals surface area (Å²) in [5.74, 6) is 0.105. The van der Waals surface area contributed by atoms with Crippen LogP contribution in [-0.2, 0) is 32.6 Å². The summed E-state index contributed by atoms with van der Waals surface area (Å²) in [4.78, 5) is 29.0. The first-order valence-corrected chi connectivity index (χ1v) is 16.3.